The monoisotopic (exact) mass is 410 g/mol. The van der Waals surface area contributed by atoms with Crippen molar-refractivity contribution in [1.82, 2.24) is 14.5 Å². The minimum absolute atomic E-state index is 0.145. The molecule has 30 heavy (non-hydrogen) atoms. The molecule has 2 heterocycles. The van der Waals surface area contributed by atoms with Gasteiger partial charge in [0.2, 0.25) is 0 Å². The Kier molecular flexibility index (Phi) is 5.65. The highest BCUT2D eigenvalue weighted by Gasteiger charge is 2.23. The van der Waals surface area contributed by atoms with Gasteiger partial charge in [-0.25, -0.2) is 14.2 Å². The van der Waals surface area contributed by atoms with Gasteiger partial charge in [-0.2, -0.15) is 0 Å². The molecule has 1 saturated heterocycles. The molecule has 3 aromatic rings. The van der Waals surface area contributed by atoms with Crippen molar-refractivity contribution in [3.05, 3.63) is 65.0 Å². The largest absolute Gasteiger partial charge is 0.497 e. The fourth-order valence-corrected chi connectivity index (χ4v) is 3.76. The van der Waals surface area contributed by atoms with Gasteiger partial charge in [0.05, 0.1) is 24.3 Å². The summed E-state index contributed by atoms with van der Waals surface area (Å²) in [6.45, 7) is 1.76. The van der Waals surface area contributed by atoms with Crippen molar-refractivity contribution in [2.75, 3.05) is 25.5 Å². The van der Waals surface area contributed by atoms with E-state index in [9.17, 15) is 14.0 Å². The summed E-state index contributed by atoms with van der Waals surface area (Å²) >= 11 is 0. The van der Waals surface area contributed by atoms with Crippen LogP contribution in [0.25, 0.3) is 10.9 Å². The van der Waals surface area contributed by atoms with Crippen LogP contribution in [0.2, 0.25) is 0 Å². The summed E-state index contributed by atoms with van der Waals surface area (Å²) in [5.41, 5.74) is 0.880. The Labute approximate surface area is 173 Å². The van der Waals surface area contributed by atoms with E-state index in [-0.39, 0.29) is 17.5 Å². The van der Waals surface area contributed by atoms with Crippen LogP contribution < -0.4 is 15.6 Å². The molecule has 1 fully saturated rings. The Morgan fingerprint density at radius 2 is 2.03 bits per heavy atom. The maximum Gasteiger partial charge on any atom is 0.321 e. The number of nitrogens with one attached hydrogen (secondary N) is 1. The Balaban J connectivity index is 1.36. The Bertz CT molecular complexity index is 1120. The first kappa shape index (κ1) is 19.9. The zero-order chi connectivity index (χ0) is 21.1. The second kappa shape index (κ2) is 8.52. The number of nitrogens with zero attached hydrogens (tertiary/aromatic N) is 3. The molecule has 156 valence electrons. The van der Waals surface area contributed by atoms with E-state index in [2.05, 4.69) is 10.3 Å². The second-order valence-corrected chi connectivity index (χ2v) is 7.46. The zero-order valence-electron chi connectivity index (χ0n) is 16.7. The summed E-state index contributed by atoms with van der Waals surface area (Å²) in [5.74, 6) is 0.540. The van der Waals surface area contributed by atoms with Crippen LogP contribution in [0.15, 0.2) is 53.6 Å². The molecule has 7 nitrogen and oxygen atoms in total. The lowest BCUT2D eigenvalue weighted by molar-refractivity contribution is 0.176. The zero-order valence-corrected chi connectivity index (χ0v) is 16.7. The summed E-state index contributed by atoms with van der Waals surface area (Å²) in [6.07, 6.45) is 3.06. The van der Waals surface area contributed by atoms with Gasteiger partial charge in [0.25, 0.3) is 5.56 Å². The number of ether oxygens (including phenoxy) is 1. The molecule has 0 aliphatic carbocycles. The van der Waals surface area contributed by atoms with Gasteiger partial charge in [-0.3, -0.25) is 9.36 Å². The van der Waals surface area contributed by atoms with Crippen LogP contribution in [0.5, 0.6) is 5.75 Å². The molecule has 1 aliphatic heterocycles. The number of benzene rings is 2. The van der Waals surface area contributed by atoms with Crippen molar-refractivity contribution in [2.45, 2.75) is 19.4 Å². The minimum Gasteiger partial charge on any atom is -0.497 e. The van der Waals surface area contributed by atoms with E-state index in [0.717, 1.165) is 12.8 Å². The molecule has 0 unspecified atom stereocenters. The number of piperidine rings is 1. The summed E-state index contributed by atoms with van der Waals surface area (Å²) in [6, 6.07) is 11.1. The second-order valence-electron chi connectivity index (χ2n) is 7.46. The maximum atomic E-state index is 13.3. The van der Waals surface area contributed by atoms with Crippen LogP contribution >= 0.6 is 0 Å². The van der Waals surface area contributed by atoms with Gasteiger partial charge in [-0.1, -0.05) is 6.07 Å². The van der Waals surface area contributed by atoms with Gasteiger partial charge in [-0.05, 0) is 43.0 Å². The summed E-state index contributed by atoms with van der Waals surface area (Å²) in [7, 11) is 1.58. The van der Waals surface area contributed by atoms with Crippen LogP contribution in [0.1, 0.15) is 12.8 Å². The van der Waals surface area contributed by atoms with E-state index in [1.54, 1.807) is 22.6 Å². The van der Waals surface area contributed by atoms with Crippen molar-refractivity contribution in [1.29, 1.82) is 0 Å². The quantitative estimate of drug-likeness (QED) is 0.714. The summed E-state index contributed by atoms with van der Waals surface area (Å²) in [4.78, 5) is 31.2. The highest BCUT2D eigenvalue weighted by molar-refractivity contribution is 5.89. The number of likely N-dealkylation sites (tertiary alicyclic amines) is 1. The number of fused-ring (bicyclic) bond motifs is 1. The van der Waals surface area contributed by atoms with E-state index in [1.807, 2.05) is 18.2 Å². The number of urea groups is 1. The van der Waals surface area contributed by atoms with Crippen molar-refractivity contribution in [2.24, 2.45) is 5.92 Å². The SMILES string of the molecule is COc1cccc(NC(=O)N2CCC(Cn3cnc4cc(F)ccc4c3=O)CC2)c1. The molecule has 1 aliphatic rings. The first-order valence-electron chi connectivity index (χ1n) is 9.88. The molecule has 0 atom stereocenters. The molecule has 4 rings (SSSR count). The van der Waals surface area contributed by atoms with E-state index in [4.69, 9.17) is 4.74 Å². The average Bonchev–Trinajstić information content (AvgIpc) is 2.76. The number of carbonyl (C=O) groups excluding carboxylic acids is 1. The normalized spacial score (nSPS) is 14.7. The Morgan fingerprint density at radius 1 is 1.23 bits per heavy atom. The fourth-order valence-electron chi connectivity index (χ4n) is 3.76. The number of aromatic nitrogens is 2. The standard InChI is InChI=1S/C22H23FN4O3/c1-30-18-4-2-3-17(12-18)25-22(29)26-9-7-15(8-10-26)13-27-14-24-20-11-16(23)5-6-19(20)21(27)28/h2-6,11-12,14-15H,7-10,13H2,1H3,(H,25,29). The molecule has 2 aromatic carbocycles. The minimum atomic E-state index is -0.410. The molecule has 1 N–H and O–H groups in total. The van der Waals surface area contributed by atoms with E-state index in [0.29, 0.717) is 42.0 Å². The predicted octanol–water partition coefficient (Wildman–Crippen LogP) is 3.49. The predicted molar refractivity (Wildman–Crippen MR) is 112 cm³/mol. The van der Waals surface area contributed by atoms with Gasteiger partial charge in [0.15, 0.2) is 0 Å². The molecule has 0 spiro atoms. The smallest absolute Gasteiger partial charge is 0.321 e. The number of hydrogen-bond acceptors (Lipinski definition) is 4. The number of hydrogen-bond donors (Lipinski definition) is 1. The summed E-state index contributed by atoms with van der Waals surface area (Å²) in [5, 5.41) is 3.31. The number of halogens is 1. The first-order valence-corrected chi connectivity index (χ1v) is 9.88. The van der Waals surface area contributed by atoms with Crippen molar-refractivity contribution in [3.63, 3.8) is 0 Å². The molecule has 8 heteroatoms. The van der Waals surface area contributed by atoms with E-state index >= 15 is 0 Å². The maximum absolute atomic E-state index is 13.3. The van der Waals surface area contributed by atoms with Gasteiger partial charge in [-0.15, -0.1) is 0 Å². The van der Waals surface area contributed by atoms with Crippen LogP contribution in [-0.4, -0.2) is 40.7 Å². The third-order valence-corrected chi connectivity index (χ3v) is 5.46. The van der Waals surface area contributed by atoms with Crippen LogP contribution in [0, 0.1) is 11.7 Å². The van der Waals surface area contributed by atoms with Crippen LogP contribution in [0.3, 0.4) is 0 Å². The average molecular weight is 410 g/mol. The highest BCUT2D eigenvalue weighted by Crippen LogP contribution is 2.21. The van der Waals surface area contributed by atoms with E-state index < -0.39 is 5.82 Å². The van der Waals surface area contributed by atoms with Gasteiger partial charge < -0.3 is 15.0 Å². The Hall–Kier alpha value is -3.42. The number of methoxy groups -OCH3 is 1. The number of carbonyl (C=O) groups is 1. The highest BCUT2D eigenvalue weighted by atomic mass is 19.1. The molecular formula is C22H23FN4O3. The van der Waals surface area contributed by atoms with Gasteiger partial charge in [0, 0.05) is 37.5 Å². The van der Waals surface area contributed by atoms with Crippen LogP contribution in [0.4, 0.5) is 14.9 Å². The lowest BCUT2D eigenvalue weighted by atomic mass is 9.97. The number of amides is 2. The molecule has 1 aromatic heterocycles. The van der Waals surface area contributed by atoms with Gasteiger partial charge in [0.1, 0.15) is 11.6 Å². The first-order chi connectivity index (χ1) is 14.5. The molecule has 0 bridgehead atoms. The topological polar surface area (TPSA) is 76.5 Å². The molecule has 0 radical (unpaired) electrons. The lowest BCUT2D eigenvalue weighted by Gasteiger charge is -2.32. The lowest BCUT2D eigenvalue weighted by Crippen LogP contribution is -2.42. The fraction of sp³-hybridized carbons (Fsp3) is 0.318. The molecular weight excluding hydrogens is 387 g/mol. The molecule has 0 saturated carbocycles. The van der Waals surface area contributed by atoms with Gasteiger partial charge >= 0.3 is 6.03 Å². The van der Waals surface area contributed by atoms with Crippen molar-refractivity contribution in [3.8, 4) is 5.75 Å². The number of anilines is 1. The Morgan fingerprint density at radius 3 is 2.80 bits per heavy atom. The molecule has 2 amide bonds. The number of rotatable bonds is 4. The summed E-state index contributed by atoms with van der Waals surface area (Å²) < 4.78 is 20.1. The van der Waals surface area contributed by atoms with Crippen molar-refractivity contribution >= 4 is 22.6 Å². The van der Waals surface area contributed by atoms with Crippen LogP contribution in [-0.2, 0) is 6.54 Å². The third-order valence-electron chi connectivity index (χ3n) is 5.46. The third kappa shape index (κ3) is 4.27. The van der Waals surface area contributed by atoms with E-state index in [1.165, 1.54) is 24.5 Å². The van der Waals surface area contributed by atoms with Crippen molar-refractivity contribution < 1.29 is 13.9 Å².